The molecule has 2 aromatic rings. The highest BCUT2D eigenvalue weighted by atomic mass is 32.2. The summed E-state index contributed by atoms with van der Waals surface area (Å²) in [5, 5.41) is 6.69. The molecular weight excluding hydrogens is 276 g/mol. The van der Waals surface area contributed by atoms with Gasteiger partial charge in [0, 0.05) is 17.4 Å². The zero-order valence-corrected chi connectivity index (χ0v) is 12.5. The van der Waals surface area contributed by atoms with Crippen LogP contribution in [0.25, 0.3) is 0 Å². The molecule has 108 valence electrons. The molecule has 0 saturated heterocycles. The van der Waals surface area contributed by atoms with Crippen LogP contribution in [0.1, 0.15) is 23.7 Å². The van der Waals surface area contributed by atoms with Crippen LogP contribution in [-0.4, -0.2) is 18.6 Å². The summed E-state index contributed by atoms with van der Waals surface area (Å²) in [5.74, 6) is 0.279. The molecule has 0 aliphatic heterocycles. The molecule has 0 aliphatic carbocycles. The number of aromatic nitrogens is 2. The van der Waals surface area contributed by atoms with E-state index < -0.39 is 10.0 Å². The number of aryl methyl sites for hydroxylation is 2. The second kappa shape index (κ2) is 5.16. The third kappa shape index (κ3) is 2.77. The molecule has 1 heterocycles. The smallest absolute Gasteiger partial charge is 0.263 e. The highest BCUT2D eigenvalue weighted by Crippen LogP contribution is 2.24. The first-order valence-corrected chi connectivity index (χ1v) is 7.75. The third-order valence-corrected chi connectivity index (χ3v) is 4.57. The first-order chi connectivity index (χ1) is 9.33. The topological polar surface area (TPSA) is 101 Å². The van der Waals surface area contributed by atoms with E-state index >= 15 is 0 Å². The van der Waals surface area contributed by atoms with Gasteiger partial charge in [-0.3, -0.25) is 9.82 Å². The monoisotopic (exact) mass is 294 g/mol. The molecule has 0 aliphatic rings. The fraction of sp³-hybridized carbons (Fsp3) is 0.308. The third-order valence-electron chi connectivity index (χ3n) is 3.08. The van der Waals surface area contributed by atoms with Gasteiger partial charge in [-0.15, -0.1) is 0 Å². The quantitative estimate of drug-likeness (QED) is 0.750. The Balaban J connectivity index is 2.40. The first-order valence-electron chi connectivity index (χ1n) is 6.27. The Morgan fingerprint density at radius 3 is 2.60 bits per heavy atom. The fourth-order valence-electron chi connectivity index (χ4n) is 1.92. The lowest BCUT2D eigenvalue weighted by Gasteiger charge is -2.11. The predicted molar refractivity (Wildman–Crippen MR) is 79.1 cm³/mol. The van der Waals surface area contributed by atoms with E-state index in [1.807, 2.05) is 6.92 Å². The summed E-state index contributed by atoms with van der Waals surface area (Å²) in [7, 11) is -3.70. The van der Waals surface area contributed by atoms with Crippen molar-refractivity contribution in [2.45, 2.75) is 32.1 Å². The molecule has 0 bridgehead atoms. The van der Waals surface area contributed by atoms with Crippen LogP contribution in [0.3, 0.4) is 0 Å². The van der Waals surface area contributed by atoms with Crippen LogP contribution in [0, 0.1) is 13.8 Å². The molecule has 1 aromatic heterocycles. The predicted octanol–water partition coefficient (Wildman–Crippen LogP) is 1.97. The van der Waals surface area contributed by atoms with Crippen molar-refractivity contribution in [1.82, 2.24) is 10.2 Å². The summed E-state index contributed by atoms with van der Waals surface area (Å²) in [6, 6.07) is 5.02. The first kappa shape index (κ1) is 14.4. The SMILES string of the molecule is CCc1cc(NS(=O)(=O)c2cc(C)cc(N)c2C)n[nH]1. The molecule has 0 radical (unpaired) electrons. The highest BCUT2D eigenvalue weighted by Gasteiger charge is 2.20. The molecule has 0 spiro atoms. The number of aromatic amines is 1. The van der Waals surface area contributed by atoms with E-state index in [0.29, 0.717) is 11.3 Å². The van der Waals surface area contributed by atoms with Crippen molar-refractivity contribution >= 4 is 21.5 Å². The second-order valence-corrected chi connectivity index (χ2v) is 6.37. The summed E-state index contributed by atoms with van der Waals surface area (Å²) in [6.07, 6.45) is 0.755. The fourth-order valence-corrected chi connectivity index (χ4v) is 3.27. The van der Waals surface area contributed by atoms with Gasteiger partial charge in [0.25, 0.3) is 10.0 Å². The maximum absolute atomic E-state index is 12.4. The van der Waals surface area contributed by atoms with Crippen LogP contribution in [0.2, 0.25) is 0 Å². The number of nitrogens with two attached hydrogens (primary N) is 1. The molecule has 7 heteroatoms. The zero-order chi connectivity index (χ0) is 14.9. The molecule has 0 saturated carbocycles. The lowest BCUT2D eigenvalue weighted by atomic mass is 10.1. The van der Waals surface area contributed by atoms with Crippen molar-refractivity contribution in [2.75, 3.05) is 10.5 Å². The van der Waals surface area contributed by atoms with E-state index in [0.717, 1.165) is 17.7 Å². The Morgan fingerprint density at radius 1 is 1.30 bits per heavy atom. The van der Waals surface area contributed by atoms with Crippen LogP contribution in [0.15, 0.2) is 23.1 Å². The van der Waals surface area contributed by atoms with Crippen molar-refractivity contribution in [3.63, 3.8) is 0 Å². The molecule has 0 fully saturated rings. The van der Waals surface area contributed by atoms with Crippen molar-refractivity contribution < 1.29 is 8.42 Å². The Bertz CT molecular complexity index is 735. The van der Waals surface area contributed by atoms with Crippen molar-refractivity contribution in [3.8, 4) is 0 Å². The van der Waals surface area contributed by atoms with E-state index in [2.05, 4.69) is 14.9 Å². The molecule has 0 atom stereocenters. The molecule has 2 rings (SSSR count). The Labute approximate surface area is 118 Å². The van der Waals surface area contributed by atoms with E-state index in [1.54, 1.807) is 32.0 Å². The van der Waals surface area contributed by atoms with Gasteiger partial charge in [0.05, 0.1) is 4.90 Å². The van der Waals surface area contributed by atoms with E-state index in [4.69, 9.17) is 5.73 Å². The van der Waals surface area contributed by atoms with Gasteiger partial charge in [-0.2, -0.15) is 5.10 Å². The molecule has 1 aromatic carbocycles. The largest absolute Gasteiger partial charge is 0.398 e. The number of anilines is 2. The van der Waals surface area contributed by atoms with Gasteiger partial charge >= 0.3 is 0 Å². The van der Waals surface area contributed by atoms with Crippen molar-refractivity contribution in [3.05, 3.63) is 35.0 Å². The molecule has 6 nitrogen and oxygen atoms in total. The Hall–Kier alpha value is -2.02. The van der Waals surface area contributed by atoms with Crippen LogP contribution < -0.4 is 10.5 Å². The Kier molecular flexibility index (Phi) is 3.71. The summed E-state index contributed by atoms with van der Waals surface area (Å²) in [4.78, 5) is 0.177. The van der Waals surface area contributed by atoms with Gasteiger partial charge in [0.1, 0.15) is 0 Å². The van der Waals surface area contributed by atoms with Gasteiger partial charge in [0.2, 0.25) is 0 Å². The molecule has 20 heavy (non-hydrogen) atoms. The summed E-state index contributed by atoms with van der Waals surface area (Å²) < 4.78 is 27.3. The van der Waals surface area contributed by atoms with E-state index in [1.165, 1.54) is 0 Å². The number of H-pyrrole nitrogens is 1. The van der Waals surface area contributed by atoms with Crippen LogP contribution >= 0.6 is 0 Å². The summed E-state index contributed by atoms with van der Waals surface area (Å²) >= 11 is 0. The van der Waals surface area contributed by atoms with Gasteiger partial charge in [-0.1, -0.05) is 6.92 Å². The number of hydrogen-bond acceptors (Lipinski definition) is 4. The van der Waals surface area contributed by atoms with Gasteiger partial charge < -0.3 is 5.73 Å². The zero-order valence-electron chi connectivity index (χ0n) is 11.7. The van der Waals surface area contributed by atoms with Crippen LogP contribution in [0.4, 0.5) is 11.5 Å². The second-order valence-electron chi connectivity index (χ2n) is 4.71. The number of nitrogens with one attached hydrogen (secondary N) is 2. The number of hydrogen-bond donors (Lipinski definition) is 3. The number of benzene rings is 1. The van der Waals surface area contributed by atoms with Gasteiger partial charge in [-0.25, -0.2) is 8.42 Å². The maximum Gasteiger partial charge on any atom is 0.263 e. The molecule has 0 amide bonds. The summed E-state index contributed by atoms with van der Waals surface area (Å²) in [5.41, 5.74) is 8.48. The Morgan fingerprint density at radius 2 is 2.00 bits per heavy atom. The average Bonchev–Trinajstić information content (AvgIpc) is 2.80. The molecule has 0 unspecified atom stereocenters. The minimum atomic E-state index is -3.70. The maximum atomic E-state index is 12.4. The molecular formula is C13H18N4O2S. The minimum absolute atomic E-state index is 0.177. The number of rotatable bonds is 4. The standard InChI is InChI=1S/C13H18N4O2S/c1-4-10-7-13(16-15-10)17-20(18,19)12-6-8(2)5-11(14)9(12)3/h5-7H,4,14H2,1-3H3,(H2,15,16,17). The van der Waals surface area contributed by atoms with Crippen LogP contribution in [0.5, 0.6) is 0 Å². The lowest BCUT2D eigenvalue weighted by Crippen LogP contribution is -2.15. The minimum Gasteiger partial charge on any atom is -0.398 e. The lowest BCUT2D eigenvalue weighted by molar-refractivity contribution is 0.600. The van der Waals surface area contributed by atoms with E-state index in [9.17, 15) is 8.42 Å². The number of nitrogens with zero attached hydrogens (tertiary/aromatic N) is 1. The van der Waals surface area contributed by atoms with Gasteiger partial charge in [-0.05, 0) is 43.5 Å². The number of sulfonamides is 1. The van der Waals surface area contributed by atoms with E-state index in [-0.39, 0.29) is 10.7 Å². The highest BCUT2D eigenvalue weighted by molar-refractivity contribution is 7.92. The van der Waals surface area contributed by atoms with Crippen LogP contribution in [-0.2, 0) is 16.4 Å². The average molecular weight is 294 g/mol. The van der Waals surface area contributed by atoms with Gasteiger partial charge in [0.15, 0.2) is 5.82 Å². The van der Waals surface area contributed by atoms with Crippen molar-refractivity contribution in [1.29, 1.82) is 0 Å². The summed E-state index contributed by atoms with van der Waals surface area (Å²) in [6.45, 7) is 5.45. The normalized spacial score (nSPS) is 11.6. The number of nitrogen functional groups attached to an aromatic ring is 1. The van der Waals surface area contributed by atoms with Crippen molar-refractivity contribution in [2.24, 2.45) is 0 Å². The molecule has 4 N–H and O–H groups in total.